The van der Waals surface area contributed by atoms with Crippen LogP contribution in [0.15, 0.2) is 24.3 Å². The van der Waals surface area contributed by atoms with Crippen LogP contribution in [0.1, 0.15) is 18.1 Å². The van der Waals surface area contributed by atoms with Crippen LogP contribution in [0.4, 0.5) is 0 Å². The van der Waals surface area contributed by atoms with Gasteiger partial charge in [0.2, 0.25) is 0 Å². The molecule has 0 saturated carbocycles. The van der Waals surface area contributed by atoms with Gasteiger partial charge in [-0.25, -0.2) is 0 Å². The molecule has 1 aromatic rings. The Balaban J connectivity index is 2.52. The Hall–Kier alpha value is -1.26. The van der Waals surface area contributed by atoms with Crippen LogP contribution in [0.25, 0.3) is 0 Å². The minimum Gasteiger partial charge on any atom is -0.306 e. The number of nitrogens with one attached hydrogen (secondary N) is 1. The van der Waals surface area contributed by atoms with Crippen molar-refractivity contribution in [1.82, 2.24) is 5.32 Å². The molecule has 0 bridgehead atoms. The maximum absolute atomic E-state index is 3.16. The van der Waals surface area contributed by atoms with E-state index in [4.69, 9.17) is 0 Å². The van der Waals surface area contributed by atoms with Crippen molar-refractivity contribution in [2.45, 2.75) is 13.8 Å². The second-order valence-electron chi connectivity index (χ2n) is 2.95. The lowest BCUT2D eigenvalue weighted by molar-refractivity contribution is 0.811. The van der Waals surface area contributed by atoms with Crippen molar-refractivity contribution in [3.05, 3.63) is 35.4 Å². The largest absolute Gasteiger partial charge is 0.306 e. The number of rotatable bonds is 2. The fraction of sp³-hybridized carbons (Fsp3) is 0.333. The van der Waals surface area contributed by atoms with E-state index in [1.54, 1.807) is 0 Å². The molecule has 1 aromatic carbocycles. The summed E-state index contributed by atoms with van der Waals surface area (Å²) in [6, 6.07) is 8.26. The van der Waals surface area contributed by atoms with E-state index in [0.29, 0.717) is 0 Å². The summed E-state index contributed by atoms with van der Waals surface area (Å²) in [5.74, 6) is 6.16. The highest BCUT2D eigenvalue weighted by Gasteiger charge is 1.84. The average Bonchev–Trinajstić information content (AvgIpc) is 2.15. The second kappa shape index (κ2) is 5.40. The summed E-state index contributed by atoms with van der Waals surface area (Å²) in [4.78, 5) is 0. The molecule has 1 rings (SSSR count). The maximum Gasteiger partial charge on any atom is 0.0580 e. The Kier molecular flexibility index (Phi) is 4.08. The van der Waals surface area contributed by atoms with Crippen LogP contribution in [-0.4, -0.2) is 13.1 Å². The zero-order chi connectivity index (χ0) is 9.52. The number of aryl methyl sites for hydroxylation is 1. The van der Waals surface area contributed by atoms with Crippen LogP contribution in [0.2, 0.25) is 0 Å². The van der Waals surface area contributed by atoms with Gasteiger partial charge in [-0.05, 0) is 25.6 Å². The van der Waals surface area contributed by atoms with Gasteiger partial charge in [0.15, 0.2) is 0 Å². The van der Waals surface area contributed by atoms with Crippen molar-refractivity contribution in [3.8, 4) is 11.8 Å². The number of hydrogen-bond donors (Lipinski definition) is 1. The SMILES string of the molecule is CCNCC#Cc1ccc(C)cc1. The van der Waals surface area contributed by atoms with Gasteiger partial charge in [-0.2, -0.15) is 0 Å². The lowest BCUT2D eigenvalue weighted by Gasteiger charge is -1.92. The van der Waals surface area contributed by atoms with E-state index in [1.807, 2.05) is 12.1 Å². The van der Waals surface area contributed by atoms with Crippen LogP contribution in [0.3, 0.4) is 0 Å². The molecule has 1 heteroatoms. The average molecular weight is 173 g/mol. The van der Waals surface area contributed by atoms with Gasteiger partial charge in [0, 0.05) is 5.56 Å². The van der Waals surface area contributed by atoms with E-state index in [2.05, 4.69) is 43.1 Å². The van der Waals surface area contributed by atoms with Crippen molar-refractivity contribution in [1.29, 1.82) is 0 Å². The van der Waals surface area contributed by atoms with Crippen LogP contribution >= 0.6 is 0 Å². The second-order valence-corrected chi connectivity index (χ2v) is 2.95. The molecule has 0 radical (unpaired) electrons. The predicted molar refractivity (Wildman–Crippen MR) is 56.6 cm³/mol. The fourth-order valence-electron chi connectivity index (χ4n) is 0.971. The number of benzene rings is 1. The van der Waals surface area contributed by atoms with Crippen molar-refractivity contribution in [2.24, 2.45) is 0 Å². The van der Waals surface area contributed by atoms with Crippen molar-refractivity contribution in [3.63, 3.8) is 0 Å². The Morgan fingerprint density at radius 3 is 2.54 bits per heavy atom. The van der Waals surface area contributed by atoms with E-state index >= 15 is 0 Å². The van der Waals surface area contributed by atoms with Crippen LogP contribution in [0, 0.1) is 18.8 Å². The van der Waals surface area contributed by atoms with Crippen molar-refractivity contribution in [2.75, 3.05) is 13.1 Å². The van der Waals surface area contributed by atoms with Crippen molar-refractivity contribution >= 4 is 0 Å². The van der Waals surface area contributed by atoms with Gasteiger partial charge >= 0.3 is 0 Å². The molecule has 0 aliphatic heterocycles. The normalized spacial score (nSPS) is 9.08. The van der Waals surface area contributed by atoms with Gasteiger partial charge in [-0.15, -0.1) is 0 Å². The highest BCUT2D eigenvalue weighted by atomic mass is 14.8. The van der Waals surface area contributed by atoms with Crippen LogP contribution in [0.5, 0.6) is 0 Å². The van der Waals surface area contributed by atoms with E-state index in [1.165, 1.54) is 5.56 Å². The lowest BCUT2D eigenvalue weighted by Crippen LogP contribution is -2.11. The first-order valence-electron chi connectivity index (χ1n) is 4.59. The molecule has 0 fully saturated rings. The molecule has 0 heterocycles. The first-order chi connectivity index (χ1) is 6.33. The molecule has 0 aromatic heterocycles. The van der Waals surface area contributed by atoms with E-state index < -0.39 is 0 Å². The molecule has 1 N–H and O–H groups in total. The van der Waals surface area contributed by atoms with E-state index in [-0.39, 0.29) is 0 Å². The highest BCUT2D eigenvalue weighted by Crippen LogP contribution is 2.00. The lowest BCUT2D eigenvalue weighted by atomic mass is 10.2. The minimum absolute atomic E-state index is 0.768. The molecule has 0 unspecified atom stereocenters. The standard InChI is InChI=1S/C12H15N/c1-3-13-10-4-5-12-8-6-11(2)7-9-12/h6-9,13H,3,10H2,1-2H3. The van der Waals surface area contributed by atoms with Gasteiger partial charge in [0.05, 0.1) is 6.54 Å². The van der Waals surface area contributed by atoms with Gasteiger partial charge < -0.3 is 5.32 Å². The van der Waals surface area contributed by atoms with Crippen molar-refractivity contribution < 1.29 is 0 Å². The van der Waals surface area contributed by atoms with E-state index in [0.717, 1.165) is 18.7 Å². The Labute approximate surface area is 80.2 Å². The van der Waals surface area contributed by atoms with Gasteiger partial charge in [0.1, 0.15) is 0 Å². The first kappa shape index (κ1) is 9.83. The summed E-state index contributed by atoms with van der Waals surface area (Å²) in [5, 5.41) is 3.16. The minimum atomic E-state index is 0.768. The monoisotopic (exact) mass is 173 g/mol. The molecule has 0 spiro atoms. The molecule has 68 valence electrons. The summed E-state index contributed by atoms with van der Waals surface area (Å²) in [5.41, 5.74) is 2.36. The summed E-state index contributed by atoms with van der Waals surface area (Å²) in [6.45, 7) is 5.90. The smallest absolute Gasteiger partial charge is 0.0580 e. The summed E-state index contributed by atoms with van der Waals surface area (Å²) < 4.78 is 0. The topological polar surface area (TPSA) is 12.0 Å². The summed E-state index contributed by atoms with van der Waals surface area (Å²) in [6.07, 6.45) is 0. The van der Waals surface area contributed by atoms with Crippen LogP contribution in [-0.2, 0) is 0 Å². The maximum atomic E-state index is 3.16. The van der Waals surface area contributed by atoms with Gasteiger partial charge in [0.25, 0.3) is 0 Å². The predicted octanol–water partition coefficient (Wildman–Crippen LogP) is 1.96. The molecule has 0 aliphatic rings. The molecule has 0 atom stereocenters. The quantitative estimate of drug-likeness (QED) is 0.532. The zero-order valence-electron chi connectivity index (χ0n) is 8.22. The third-order valence-electron chi connectivity index (χ3n) is 1.75. The first-order valence-corrected chi connectivity index (χ1v) is 4.59. The molecular formula is C12H15N. The molecule has 0 aliphatic carbocycles. The van der Waals surface area contributed by atoms with Crippen LogP contribution < -0.4 is 5.32 Å². The third kappa shape index (κ3) is 3.78. The molecule has 0 amide bonds. The van der Waals surface area contributed by atoms with E-state index in [9.17, 15) is 0 Å². The number of hydrogen-bond acceptors (Lipinski definition) is 1. The van der Waals surface area contributed by atoms with Gasteiger partial charge in [-0.1, -0.05) is 36.5 Å². The van der Waals surface area contributed by atoms with Gasteiger partial charge in [-0.3, -0.25) is 0 Å². The molecule has 1 nitrogen and oxygen atoms in total. The molecule has 0 saturated heterocycles. The fourth-order valence-corrected chi connectivity index (χ4v) is 0.971. The molecular weight excluding hydrogens is 158 g/mol. The Bertz CT molecular complexity index is 300. The Morgan fingerprint density at radius 1 is 1.23 bits per heavy atom. The molecule has 13 heavy (non-hydrogen) atoms. The Morgan fingerprint density at radius 2 is 1.92 bits per heavy atom. The third-order valence-corrected chi connectivity index (χ3v) is 1.75. The zero-order valence-corrected chi connectivity index (χ0v) is 8.22. The summed E-state index contributed by atoms with van der Waals surface area (Å²) in [7, 11) is 0. The highest BCUT2D eigenvalue weighted by molar-refractivity contribution is 5.35. The summed E-state index contributed by atoms with van der Waals surface area (Å²) >= 11 is 0.